The van der Waals surface area contributed by atoms with Gasteiger partial charge in [0.1, 0.15) is 0 Å². The van der Waals surface area contributed by atoms with Gasteiger partial charge in [0.25, 0.3) is 0 Å². The van der Waals surface area contributed by atoms with Gasteiger partial charge in [0, 0.05) is 16.7 Å². The largest absolute Gasteiger partial charge is 0.478 e. The molecule has 0 saturated carbocycles. The standard InChI is InChI=1S/C16H13ClO2/c1-11(10-16(18)19)12-6-8-13(9-7-12)14-4-2-3-5-15(14)17/h2-10H,1H3,(H,18,19)/b11-10+. The van der Waals surface area contributed by atoms with Gasteiger partial charge in [-0.2, -0.15) is 0 Å². The number of halogens is 1. The van der Waals surface area contributed by atoms with E-state index in [1.807, 2.05) is 48.5 Å². The highest BCUT2D eigenvalue weighted by Gasteiger charge is 2.03. The number of hydrogen-bond acceptors (Lipinski definition) is 1. The maximum atomic E-state index is 10.6. The van der Waals surface area contributed by atoms with Crippen LogP contribution in [0.5, 0.6) is 0 Å². The van der Waals surface area contributed by atoms with E-state index in [-0.39, 0.29) is 0 Å². The zero-order chi connectivity index (χ0) is 13.8. The molecule has 2 aromatic carbocycles. The highest BCUT2D eigenvalue weighted by molar-refractivity contribution is 6.33. The predicted octanol–water partition coefficient (Wildman–Crippen LogP) is 4.49. The summed E-state index contributed by atoms with van der Waals surface area (Å²) in [5.74, 6) is -0.937. The molecule has 3 heteroatoms. The van der Waals surface area contributed by atoms with Crippen LogP contribution in [0.2, 0.25) is 5.02 Å². The molecule has 0 saturated heterocycles. The second-order valence-electron chi connectivity index (χ2n) is 4.22. The molecule has 0 fully saturated rings. The summed E-state index contributed by atoms with van der Waals surface area (Å²) in [4.78, 5) is 10.6. The van der Waals surface area contributed by atoms with Gasteiger partial charge >= 0.3 is 5.97 Å². The van der Waals surface area contributed by atoms with Gasteiger partial charge in [0.2, 0.25) is 0 Å². The lowest BCUT2D eigenvalue weighted by atomic mass is 10.0. The average Bonchev–Trinajstić information content (AvgIpc) is 2.39. The lowest BCUT2D eigenvalue weighted by Gasteiger charge is -2.06. The van der Waals surface area contributed by atoms with Crippen molar-refractivity contribution in [3.63, 3.8) is 0 Å². The number of rotatable bonds is 3. The van der Waals surface area contributed by atoms with Gasteiger partial charge < -0.3 is 5.11 Å². The second-order valence-corrected chi connectivity index (χ2v) is 4.63. The number of hydrogen-bond donors (Lipinski definition) is 1. The summed E-state index contributed by atoms with van der Waals surface area (Å²) in [7, 11) is 0. The molecule has 2 rings (SSSR count). The summed E-state index contributed by atoms with van der Waals surface area (Å²) in [5.41, 5.74) is 3.59. The normalized spacial score (nSPS) is 11.4. The van der Waals surface area contributed by atoms with Gasteiger partial charge in [-0.1, -0.05) is 54.1 Å². The molecule has 19 heavy (non-hydrogen) atoms. The van der Waals surface area contributed by atoms with E-state index >= 15 is 0 Å². The molecule has 0 aliphatic heterocycles. The molecule has 0 amide bonds. The van der Waals surface area contributed by atoms with Crippen molar-refractivity contribution in [3.8, 4) is 11.1 Å². The zero-order valence-electron chi connectivity index (χ0n) is 10.4. The van der Waals surface area contributed by atoms with E-state index in [1.165, 1.54) is 6.08 Å². The second kappa shape index (κ2) is 5.72. The van der Waals surface area contributed by atoms with E-state index in [0.29, 0.717) is 5.02 Å². The summed E-state index contributed by atoms with van der Waals surface area (Å²) < 4.78 is 0. The van der Waals surface area contributed by atoms with Crippen molar-refractivity contribution in [2.24, 2.45) is 0 Å². The van der Waals surface area contributed by atoms with E-state index in [1.54, 1.807) is 6.92 Å². The molecule has 0 bridgehead atoms. The van der Waals surface area contributed by atoms with E-state index in [0.717, 1.165) is 22.3 Å². The third-order valence-corrected chi connectivity index (χ3v) is 3.19. The number of carbonyl (C=O) groups is 1. The maximum absolute atomic E-state index is 10.6. The maximum Gasteiger partial charge on any atom is 0.328 e. The molecule has 1 N–H and O–H groups in total. The minimum Gasteiger partial charge on any atom is -0.478 e. The van der Waals surface area contributed by atoms with Crippen LogP contribution >= 0.6 is 11.6 Å². The van der Waals surface area contributed by atoms with Crippen LogP contribution in [-0.4, -0.2) is 11.1 Å². The molecule has 0 aliphatic rings. The molecule has 0 spiro atoms. The zero-order valence-corrected chi connectivity index (χ0v) is 11.2. The number of carboxylic acids is 1. The first kappa shape index (κ1) is 13.4. The van der Waals surface area contributed by atoms with Crippen LogP contribution in [0.3, 0.4) is 0 Å². The van der Waals surface area contributed by atoms with Crippen molar-refractivity contribution < 1.29 is 9.90 Å². The third kappa shape index (κ3) is 3.24. The molecule has 0 aromatic heterocycles. The van der Waals surface area contributed by atoms with E-state index < -0.39 is 5.97 Å². The Labute approximate surface area is 117 Å². The minimum atomic E-state index is -0.937. The summed E-state index contributed by atoms with van der Waals surface area (Å²) in [6.45, 7) is 1.78. The molecule has 0 atom stereocenters. The van der Waals surface area contributed by atoms with Crippen molar-refractivity contribution in [3.05, 3.63) is 65.2 Å². The summed E-state index contributed by atoms with van der Waals surface area (Å²) in [5, 5.41) is 9.42. The fourth-order valence-electron chi connectivity index (χ4n) is 1.88. The molecule has 0 aliphatic carbocycles. The van der Waals surface area contributed by atoms with Crippen LogP contribution in [0.25, 0.3) is 16.7 Å². The van der Waals surface area contributed by atoms with Gasteiger partial charge in [-0.15, -0.1) is 0 Å². The Morgan fingerprint density at radius 1 is 1.11 bits per heavy atom. The molecule has 2 nitrogen and oxygen atoms in total. The van der Waals surface area contributed by atoms with Crippen molar-refractivity contribution in [2.45, 2.75) is 6.92 Å². The van der Waals surface area contributed by atoms with Crippen LogP contribution in [-0.2, 0) is 4.79 Å². The molecular formula is C16H13ClO2. The molecule has 0 radical (unpaired) electrons. The van der Waals surface area contributed by atoms with Crippen molar-refractivity contribution in [1.82, 2.24) is 0 Å². The van der Waals surface area contributed by atoms with Gasteiger partial charge in [-0.05, 0) is 29.7 Å². The first-order valence-electron chi connectivity index (χ1n) is 5.84. The lowest BCUT2D eigenvalue weighted by molar-refractivity contribution is -0.131. The SMILES string of the molecule is C/C(=C\C(=O)O)c1ccc(-c2ccccc2Cl)cc1. The third-order valence-electron chi connectivity index (χ3n) is 2.87. The van der Waals surface area contributed by atoms with Crippen LogP contribution in [0.15, 0.2) is 54.6 Å². The number of allylic oxidation sites excluding steroid dienone is 1. The van der Waals surface area contributed by atoms with E-state index in [2.05, 4.69) is 0 Å². The van der Waals surface area contributed by atoms with Crippen LogP contribution < -0.4 is 0 Å². The fourth-order valence-corrected chi connectivity index (χ4v) is 2.12. The number of carboxylic acid groups (broad SMARTS) is 1. The topological polar surface area (TPSA) is 37.3 Å². The van der Waals surface area contributed by atoms with Crippen LogP contribution in [0.1, 0.15) is 12.5 Å². The van der Waals surface area contributed by atoms with E-state index in [9.17, 15) is 4.79 Å². The number of aliphatic carboxylic acids is 1. The Bertz CT molecular complexity index is 627. The molecule has 0 heterocycles. The summed E-state index contributed by atoms with van der Waals surface area (Å²) >= 11 is 6.14. The quantitative estimate of drug-likeness (QED) is 0.836. The van der Waals surface area contributed by atoms with Gasteiger partial charge in [0.15, 0.2) is 0 Å². The monoisotopic (exact) mass is 272 g/mol. The average molecular weight is 273 g/mol. The van der Waals surface area contributed by atoms with Gasteiger partial charge in [-0.25, -0.2) is 4.79 Å². The first-order valence-corrected chi connectivity index (χ1v) is 6.22. The van der Waals surface area contributed by atoms with Crippen molar-refractivity contribution in [2.75, 3.05) is 0 Å². The lowest BCUT2D eigenvalue weighted by Crippen LogP contribution is -1.90. The van der Waals surface area contributed by atoms with Crippen LogP contribution in [0, 0.1) is 0 Å². The highest BCUT2D eigenvalue weighted by atomic mass is 35.5. The molecular weight excluding hydrogens is 260 g/mol. The Balaban J connectivity index is 2.34. The minimum absolute atomic E-state index is 0.702. The summed E-state index contributed by atoms with van der Waals surface area (Å²) in [6.07, 6.45) is 1.20. The first-order chi connectivity index (χ1) is 9.08. The fraction of sp³-hybridized carbons (Fsp3) is 0.0625. The summed E-state index contributed by atoms with van der Waals surface area (Å²) in [6, 6.07) is 15.3. The molecule has 0 unspecified atom stereocenters. The Morgan fingerprint density at radius 2 is 1.74 bits per heavy atom. The van der Waals surface area contributed by atoms with Gasteiger partial charge in [-0.3, -0.25) is 0 Å². The number of benzene rings is 2. The Hall–Kier alpha value is -2.06. The highest BCUT2D eigenvalue weighted by Crippen LogP contribution is 2.28. The molecule has 2 aromatic rings. The van der Waals surface area contributed by atoms with E-state index in [4.69, 9.17) is 16.7 Å². The smallest absolute Gasteiger partial charge is 0.328 e. The van der Waals surface area contributed by atoms with Crippen LogP contribution in [0.4, 0.5) is 0 Å². The van der Waals surface area contributed by atoms with Gasteiger partial charge in [0.05, 0.1) is 0 Å². The van der Waals surface area contributed by atoms with Crippen molar-refractivity contribution >= 4 is 23.1 Å². The molecule has 96 valence electrons. The predicted molar refractivity (Wildman–Crippen MR) is 78.2 cm³/mol. The van der Waals surface area contributed by atoms with Crippen molar-refractivity contribution in [1.29, 1.82) is 0 Å². The Morgan fingerprint density at radius 3 is 2.32 bits per heavy atom. The Kier molecular flexibility index (Phi) is 4.03.